The Bertz CT molecular complexity index is 398. The third-order valence-electron chi connectivity index (χ3n) is 2.52. The molecule has 1 aromatic carbocycles. The molecule has 1 rings (SSSR count). The predicted octanol–water partition coefficient (Wildman–Crippen LogP) is 2.46. The Labute approximate surface area is 119 Å². The van der Waals surface area contributed by atoms with Crippen LogP contribution in [0.3, 0.4) is 0 Å². The molecule has 1 unspecified atom stereocenters. The minimum absolute atomic E-state index is 0.0903. The lowest BCUT2D eigenvalue weighted by atomic mass is 10.2. The fraction of sp³-hybridized carbons (Fsp3) is 0.500. The van der Waals surface area contributed by atoms with Gasteiger partial charge < -0.3 is 14.8 Å². The van der Waals surface area contributed by atoms with E-state index in [1.165, 1.54) is 0 Å². The van der Waals surface area contributed by atoms with Crippen LogP contribution in [0.5, 0.6) is 5.75 Å². The number of carbonyl (C=O) groups excluding carboxylic acids is 1. The molecule has 19 heavy (non-hydrogen) atoms. The molecule has 0 heterocycles. The lowest BCUT2D eigenvalue weighted by molar-refractivity contribution is 0.0948. The highest BCUT2D eigenvalue weighted by Gasteiger charge is 2.12. The molecular formula is C14H20ClNO3. The molecule has 0 radical (unpaired) electrons. The minimum atomic E-state index is -0.148. The van der Waals surface area contributed by atoms with Gasteiger partial charge in [0.15, 0.2) is 0 Å². The van der Waals surface area contributed by atoms with Crippen molar-refractivity contribution in [2.45, 2.75) is 18.7 Å². The van der Waals surface area contributed by atoms with Crippen molar-refractivity contribution in [3.63, 3.8) is 0 Å². The smallest absolute Gasteiger partial charge is 0.255 e. The van der Waals surface area contributed by atoms with Gasteiger partial charge in [0, 0.05) is 13.7 Å². The summed E-state index contributed by atoms with van der Waals surface area (Å²) in [6, 6.07) is 7.18. The van der Waals surface area contributed by atoms with Crippen LogP contribution in [-0.4, -0.2) is 38.2 Å². The van der Waals surface area contributed by atoms with E-state index in [0.29, 0.717) is 37.5 Å². The van der Waals surface area contributed by atoms with E-state index >= 15 is 0 Å². The summed E-state index contributed by atoms with van der Waals surface area (Å²) in [7, 11) is 1.60. The van der Waals surface area contributed by atoms with Crippen LogP contribution >= 0.6 is 11.6 Å². The van der Waals surface area contributed by atoms with Gasteiger partial charge >= 0.3 is 0 Å². The topological polar surface area (TPSA) is 47.6 Å². The van der Waals surface area contributed by atoms with Crippen LogP contribution in [0.15, 0.2) is 24.3 Å². The Morgan fingerprint density at radius 3 is 2.84 bits per heavy atom. The maximum absolute atomic E-state index is 12.0. The molecule has 0 saturated heterocycles. The average Bonchev–Trinajstić information content (AvgIpc) is 2.40. The number of carbonyl (C=O) groups is 1. The van der Waals surface area contributed by atoms with E-state index in [1.807, 2.05) is 19.1 Å². The highest BCUT2D eigenvalue weighted by Crippen LogP contribution is 2.17. The molecule has 0 fully saturated rings. The molecule has 1 N–H and O–H groups in total. The number of halogens is 1. The molecule has 0 saturated carbocycles. The van der Waals surface area contributed by atoms with Gasteiger partial charge in [0.1, 0.15) is 5.75 Å². The van der Waals surface area contributed by atoms with Gasteiger partial charge in [0.25, 0.3) is 5.91 Å². The maximum Gasteiger partial charge on any atom is 0.255 e. The molecule has 1 amide bonds. The number of benzene rings is 1. The number of methoxy groups -OCH3 is 1. The van der Waals surface area contributed by atoms with Gasteiger partial charge in [-0.15, -0.1) is 11.6 Å². The van der Waals surface area contributed by atoms with Crippen LogP contribution in [-0.2, 0) is 4.74 Å². The van der Waals surface area contributed by atoms with Crippen molar-refractivity contribution >= 4 is 17.5 Å². The normalized spacial score (nSPS) is 11.9. The van der Waals surface area contributed by atoms with Crippen molar-refractivity contribution < 1.29 is 14.3 Å². The van der Waals surface area contributed by atoms with Crippen molar-refractivity contribution in [3.05, 3.63) is 29.8 Å². The largest absolute Gasteiger partial charge is 0.493 e. The van der Waals surface area contributed by atoms with E-state index in [9.17, 15) is 4.79 Å². The van der Waals surface area contributed by atoms with Gasteiger partial charge in [-0.1, -0.05) is 12.1 Å². The fourth-order valence-corrected chi connectivity index (χ4v) is 1.87. The lowest BCUT2D eigenvalue weighted by Crippen LogP contribution is -2.27. The molecule has 0 spiro atoms. The highest BCUT2D eigenvalue weighted by atomic mass is 35.5. The van der Waals surface area contributed by atoms with Crippen molar-refractivity contribution in [2.75, 3.05) is 26.9 Å². The molecule has 1 atom stereocenters. The molecule has 0 aliphatic rings. The van der Waals surface area contributed by atoms with E-state index in [1.54, 1.807) is 19.2 Å². The minimum Gasteiger partial charge on any atom is -0.493 e. The summed E-state index contributed by atoms with van der Waals surface area (Å²) in [6.45, 7) is 3.41. The third kappa shape index (κ3) is 5.49. The van der Waals surface area contributed by atoms with E-state index in [0.717, 1.165) is 0 Å². The Balaban J connectivity index is 2.49. The first-order valence-electron chi connectivity index (χ1n) is 6.32. The van der Waals surface area contributed by atoms with Crippen molar-refractivity contribution in [1.29, 1.82) is 0 Å². The van der Waals surface area contributed by atoms with E-state index in [4.69, 9.17) is 21.1 Å². The number of ether oxygens (including phenoxy) is 2. The monoisotopic (exact) mass is 285 g/mol. The van der Waals surface area contributed by atoms with E-state index in [-0.39, 0.29) is 11.3 Å². The zero-order valence-corrected chi connectivity index (χ0v) is 12.1. The first kappa shape index (κ1) is 15.8. The van der Waals surface area contributed by atoms with Crippen molar-refractivity contribution in [2.24, 2.45) is 0 Å². The zero-order valence-electron chi connectivity index (χ0n) is 11.3. The number of alkyl halides is 1. The first-order valence-corrected chi connectivity index (χ1v) is 6.75. The highest BCUT2D eigenvalue weighted by molar-refractivity contribution is 6.20. The number of hydrogen-bond acceptors (Lipinski definition) is 3. The van der Waals surface area contributed by atoms with Crippen LogP contribution in [0.4, 0.5) is 0 Å². The van der Waals surface area contributed by atoms with Crippen LogP contribution in [0.1, 0.15) is 23.7 Å². The SMILES string of the molecule is CCOc1ccccc1C(=O)NCCC(Cl)COC. The van der Waals surface area contributed by atoms with Gasteiger partial charge in [0.05, 0.1) is 24.2 Å². The summed E-state index contributed by atoms with van der Waals surface area (Å²) >= 11 is 5.99. The number of nitrogens with one attached hydrogen (secondary N) is 1. The second-order valence-electron chi connectivity index (χ2n) is 4.03. The molecule has 0 aliphatic heterocycles. The summed E-state index contributed by atoms with van der Waals surface area (Å²) in [6.07, 6.45) is 0.665. The number of para-hydroxylation sites is 1. The molecule has 0 bridgehead atoms. The van der Waals surface area contributed by atoms with Crippen LogP contribution in [0.25, 0.3) is 0 Å². The Hall–Kier alpha value is -1.26. The Kier molecular flexibility index (Phi) is 7.30. The number of rotatable bonds is 8. The number of hydrogen-bond donors (Lipinski definition) is 1. The number of amides is 1. The quantitative estimate of drug-likeness (QED) is 0.747. The van der Waals surface area contributed by atoms with Gasteiger partial charge in [-0.2, -0.15) is 0 Å². The van der Waals surface area contributed by atoms with Crippen LogP contribution < -0.4 is 10.1 Å². The molecule has 4 nitrogen and oxygen atoms in total. The molecular weight excluding hydrogens is 266 g/mol. The fourth-order valence-electron chi connectivity index (χ4n) is 1.64. The average molecular weight is 286 g/mol. The van der Waals surface area contributed by atoms with Gasteiger partial charge in [-0.05, 0) is 25.5 Å². The van der Waals surface area contributed by atoms with Gasteiger partial charge in [0.2, 0.25) is 0 Å². The van der Waals surface area contributed by atoms with Gasteiger partial charge in [-0.25, -0.2) is 0 Å². The van der Waals surface area contributed by atoms with Crippen LogP contribution in [0, 0.1) is 0 Å². The second-order valence-corrected chi connectivity index (χ2v) is 4.64. The summed E-state index contributed by atoms with van der Waals surface area (Å²) in [4.78, 5) is 12.0. The predicted molar refractivity (Wildman–Crippen MR) is 76.1 cm³/mol. The first-order chi connectivity index (χ1) is 9.19. The molecule has 5 heteroatoms. The Morgan fingerprint density at radius 1 is 1.42 bits per heavy atom. The molecule has 106 valence electrons. The van der Waals surface area contributed by atoms with E-state index in [2.05, 4.69) is 5.32 Å². The van der Waals surface area contributed by atoms with E-state index < -0.39 is 0 Å². The lowest BCUT2D eigenvalue weighted by Gasteiger charge is -2.11. The summed E-state index contributed by atoms with van der Waals surface area (Å²) in [5, 5.41) is 2.74. The third-order valence-corrected chi connectivity index (χ3v) is 2.87. The van der Waals surface area contributed by atoms with Crippen LogP contribution in [0.2, 0.25) is 0 Å². The molecule has 1 aromatic rings. The summed E-state index contributed by atoms with van der Waals surface area (Å²) in [5.74, 6) is 0.451. The maximum atomic E-state index is 12.0. The molecule has 0 aliphatic carbocycles. The zero-order chi connectivity index (χ0) is 14.1. The van der Waals surface area contributed by atoms with Crippen molar-refractivity contribution in [1.82, 2.24) is 5.32 Å². The molecule has 0 aromatic heterocycles. The Morgan fingerprint density at radius 2 is 2.16 bits per heavy atom. The summed E-state index contributed by atoms with van der Waals surface area (Å²) < 4.78 is 10.3. The van der Waals surface area contributed by atoms with Crippen molar-refractivity contribution in [3.8, 4) is 5.75 Å². The summed E-state index contributed by atoms with van der Waals surface area (Å²) in [5.41, 5.74) is 0.544. The second kappa shape index (κ2) is 8.77. The van der Waals surface area contributed by atoms with Gasteiger partial charge in [-0.3, -0.25) is 4.79 Å². The standard InChI is InChI=1S/C14H20ClNO3/c1-3-19-13-7-5-4-6-12(13)14(17)16-9-8-11(15)10-18-2/h4-7,11H,3,8-10H2,1-2H3,(H,16,17).